The second kappa shape index (κ2) is 15.8. The van der Waals surface area contributed by atoms with Crippen molar-refractivity contribution in [2.24, 2.45) is 0 Å². The molecular weight excluding hydrogens is 386 g/mol. The SMILES string of the molecule is CCCCC/C=C\C/C=C\CCCCCCCCOC(=O)O[N+]1(O)C(=O)CCC1=O. The van der Waals surface area contributed by atoms with Gasteiger partial charge in [0.2, 0.25) is 0 Å². The van der Waals surface area contributed by atoms with E-state index < -0.39 is 22.8 Å². The lowest BCUT2D eigenvalue weighted by Crippen LogP contribution is -2.50. The van der Waals surface area contributed by atoms with Crippen molar-refractivity contribution in [3.05, 3.63) is 24.3 Å². The van der Waals surface area contributed by atoms with Gasteiger partial charge in [0.1, 0.15) is 4.81 Å². The molecule has 1 aliphatic heterocycles. The topological polar surface area (TPSA) is 89.9 Å². The van der Waals surface area contributed by atoms with Crippen molar-refractivity contribution in [3.8, 4) is 0 Å². The summed E-state index contributed by atoms with van der Waals surface area (Å²) < 4.78 is 4.83. The fourth-order valence-electron chi connectivity index (χ4n) is 3.14. The van der Waals surface area contributed by atoms with Gasteiger partial charge in [-0.3, -0.25) is 0 Å². The van der Waals surface area contributed by atoms with Gasteiger partial charge in [-0.25, -0.2) is 9.59 Å². The maximum absolute atomic E-state index is 11.5. The maximum Gasteiger partial charge on any atom is 0.564 e. The Bertz CT molecular complexity index is 568. The Kier molecular flexibility index (Phi) is 13.7. The second-order valence-electron chi connectivity index (χ2n) is 7.64. The molecule has 0 bridgehead atoms. The van der Waals surface area contributed by atoms with Crippen LogP contribution in [0.15, 0.2) is 24.3 Å². The molecule has 1 aliphatic rings. The molecule has 7 nitrogen and oxygen atoms in total. The summed E-state index contributed by atoms with van der Waals surface area (Å²) in [6.07, 6.45) is 20.8. The number of ether oxygens (including phenoxy) is 1. The predicted octanol–water partition coefficient (Wildman–Crippen LogP) is 5.92. The summed E-state index contributed by atoms with van der Waals surface area (Å²) in [5.41, 5.74) is 0. The molecule has 0 saturated carbocycles. The zero-order valence-corrected chi connectivity index (χ0v) is 18.4. The first-order valence-corrected chi connectivity index (χ1v) is 11.4. The van der Waals surface area contributed by atoms with Gasteiger partial charge < -0.3 is 4.74 Å². The number of carbonyl (C=O) groups excluding carboxylic acids is 3. The van der Waals surface area contributed by atoms with Crippen LogP contribution >= 0.6 is 0 Å². The molecule has 0 radical (unpaired) electrons. The summed E-state index contributed by atoms with van der Waals surface area (Å²) >= 11 is 0. The monoisotopic (exact) mass is 424 g/mol. The highest BCUT2D eigenvalue weighted by Crippen LogP contribution is 2.21. The number of hydrogen-bond acceptors (Lipinski definition) is 6. The third kappa shape index (κ3) is 10.7. The van der Waals surface area contributed by atoms with Crippen LogP contribution in [0.25, 0.3) is 0 Å². The molecule has 0 aromatic heterocycles. The second-order valence-corrected chi connectivity index (χ2v) is 7.64. The summed E-state index contributed by atoms with van der Waals surface area (Å²) in [6.45, 7) is 2.36. The van der Waals surface area contributed by atoms with Crippen LogP contribution in [0, 0.1) is 0 Å². The molecule has 1 saturated heterocycles. The molecule has 7 heteroatoms. The van der Waals surface area contributed by atoms with Crippen LogP contribution in [0.2, 0.25) is 0 Å². The quantitative estimate of drug-likeness (QED) is 0.0826. The van der Waals surface area contributed by atoms with E-state index in [0.29, 0.717) is 6.42 Å². The normalized spacial score (nSPS) is 16.1. The minimum Gasteiger partial charge on any atom is -0.431 e. The molecule has 0 aromatic carbocycles. The number of imide groups is 1. The van der Waals surface area contributed by atoms with E-state index in [1.807, 2.05) is 0 Å². The first kappa shape index (κ1) is 26.0. The van der Waals surface area contributed by atoms with Crippen LogP contribution in [-0.2, 0) is 19.2 Å². The van der Waals surface area contributed by atoms with E-state index in [4.69, 9.17) is 4.74 Å². The summed E-state index contributed by atoms with van der Waals surface area (Å²) in [7, 11) is 0. The lowest BCUT2D eigenvalue weighted by molar-refractivity contribution is -1.12. The standard InChI is InChI=1S/C23H38NO6/c1-2-3-4-5-6-7-8-9-10-11-12-13-14-15-16-17-20-29-23(27)30-24(28)21(25)18-19-22(24)26/h6-7,9-10,28H,2-5,8,11-20H2,1H3/q+1/b7-6-,10-9-. The van der Waals surface area contributed by atoms with Crippen LogP contribution in [0.3, 0.4) is 0 Å². The van der Waals surface area contributed by atoms with Crippen LogP contribution in [0.5, 0.6) is 0 Å². The Morgan fingerprint density at radius 3 is 2.00 bits per heavy atom. The molecular formula is C23H38NO6+. The molecule has 0 aromatic rings. The van der Waals surface area contributed by atoms with Gasteiger partial charge >= 0.3 is 18.0 Å². The number of hydrogen-bond donors (Lipinski definition) is 1. The van der Waals surface area contributed by atoms with E-state index in [2.05, 4.69) is 36.1 Å². The van der Waals surface area contributed by atoms with Crippen LogP contribution < -0.4 is 0 Å². The number of hydroxylamine groups is 4. The maximum atomic E-state index is 11.5. The van der Waals surface area contributed by atoms with E-state index >= 15 is 0 Å². The zero-order valence-electron chi connectivity index (χ0n) is 18.4. The highest BCUT2D eigenvalue weighted by molar-refractivity contribution is 5.90. The van der Waals surface area contributed by atoms with E-state index in [1.165, 1.54) is 38.5 Å². The molecule has 170 valence electrons. The molecule has 1 rings (SSSR count). The fraction of sp³-hybridized carbons (Fsp3) is 0.696. The van der Waals surface area contributed by atoms with Crippen molar-refractivity contribution in [3.63, 3.8) is 0 Å². The van der Waals surface area contributed by atoms with Crippen molar-refractivity contribution < 1.29 is 34.0 Å². The summed E-state index contributed by atoms with van der Waals surface area (Å²) in [4.78, 5) is 36.9. The molecule has 0 atom stereocenters. The Morgan fingerprint density at radius 1 is 0.867 bits per heavy atom. The minimum absolute atomic E-state index is 0.135. The molecule has 0 unspecified atom stereocenters. The third-order valence-corrected chi connectivity index (χ3v) is 5.00. The molecule has 1 fully saturated rings. The number of carbonyl (C=O) groups is 3. The Labute approximate surface area is 180 Å². The molecule has 1 heterocycles. The Hall–Kier alpha value is -1.99. The van der Waals surface area contributed by atoms with E-state index in [9.17, 15) is 19.6 Å². The lowest BCUT2D eigenvalue weighted by Gasteiger charge is -2.14. The average molecular weight is 425 g/mol. The largest absolute Gasteiger partial charge is 0.564 e. The highest BCUT2D eigenvalue weighted by Gasteiger charge is 2.56. The first-order chi connectivity index (χ1) is 14.5. The Balaban J connectivity index is 1.91. The fourth-order valence-corrected chi connectivity index (χ4v) is 3.14. The minimum atomic E-state index is -1.93. The molecule has 0 aliphatic carbocycles. The molecule has 30 heavy (non-hydrogen) atoms. The number of unbranched alkanes of at least 4 members (excludes halogenated alkanes) is 9. The molecule has 0 spiro atoms. The van der Waals surface area contributed by atoms with Crippen LogP contribution in [0.4, 0.5) is 4.79 Å². The smallest absolute Gasteiger partial charge is 0.431 e. The van der Waals surface area contributed by atoms with Gasteiger partial charge in [0.25, 0.3) is 0 Å². The van der Waals surface area contributed by atoms with Gasteiger partial charge in [0.05, 0.1) is 19.4 Å². The van der Waals surface area contributed by atoms with E-state index in [1.54, 1.807) is 0 Å². The number of quaternary nitrogens is 1. The number of allylic oxidation sites excluding steroid dienone is 4. The van der Waals surface area contributed by atoms with Crippen LogP contribution in [0.1, 0.15) is 96.8 Å². The number of rotatable bonds is 16. The van der Waals surface area contributed by atoms with Gasteiger partial charge in [-0.15, -0.1) is 0 Å². The lowest BCUT2D eigenvalue weighted by atomic mass is 10.1. The number of amides is 2. The van der Waals surface area contributed by atoms with Crippen LogP contribution in [-0.4, -0.2) is 34.6 Å². The van der Waals surface area contributed by atoms with Crippen molar-refractivity contribution >= 4 is 18.0 Å². The molecule has 1 N–H and O–H groups in total. The van der Waals surface area contributed by atoms with Crippen molar-refractivity contribution in [2.75, 3.05) is 6.61 Å². The molecule has 2 amide bonds. The van der Waals surface area contributed by atoms with Gasteiger partial charge in [-0.2, -0.15) is 14.8 Å². The van der Waals surface area contributed by atoms with E-state index in [-0.39, 0.29) is 19.4 Å². The predicted molar refractivity (Wildman–Crippen MR) is 113 cm³/mol. The summed E-state index contributed by atoms with van der Waals surface area (Å²) in [5, 5.41) is 9.75. The zero-order chi connectivity index (χ0) is 22.1. The Morgan fingerprint density at radius 2 is 1.40 bits per heavy atom. The van der Waals surface area contributed by atoms with E-state index in [0.717, 1.165) is 32.1 Å². The van der Waals surface area contributed by atoms with Gasteiger partial charge in [0, 0.05) is 0 Å². The first-order valence-electron chi connectivity index (χ1n) is 11.4. The average Bonchev–Trinajstić information content (AvgIpc) is 2.97. The third-order valence-electron chi connectivity index (χ3n) is 5.00. The number of nitrogens with zero attached hydrogens (tertiary/aromatic N) is 1. The van der Waals surface area contributed by atoms with Gasteiger partial charge in [0.15, 0.2) is 0 Å². The van der Waals surface area contributed by atoms with Crippen molar-refractivity contribution in [2.45, 2.75) is 96.8 Å². The van der Waals surface area contributed by atoms with Crippen molar-refractivity contribution in [1.29, 1.82) is 0 Å². The van der Waals surface area contributed by atoms with Crippen molar-refractivity contribution in [1.82, 2.24) is 0 Å². The summed E-state index contributed by atoms with van der Waals surface area (Å²) in [6, 6.07) is 0. The van der Waals surface area contributed by atoms with Gasteiger partial charge in [-0.05, 0) is 38.5 Å². The summed E-state index contributed by atoms with van der Waals surface area (Å²) in [5.74, 6) is -1.71. The highest BCUT2D eigenvalue weighted by atomic mass is 17.0. The van der Waals surface area contributed by atoms with Gasteiger partial charge in [-0.1, -0.05) is 69.8 Å².